The smallest absolute Gasteiger partial charge is 0.184 e. The monoisotopic (exact) mass is 314 g/mol. The van der Waals surface area contributed by atoms with Gasteiger partial charge in [0.05, 0.1) is 0 Å². The Morgan fingerprint density at radius 3 is 2.33 bits per heavy atom. The van der Waals surface area contributed by atoms with E-state index in [1.54, 1.807) is 0 Å². The molecule has 0 saturated heterocycles. The lowest BCUT2D eigenvalue weighted by Crippen LogP contribution is -2.02. The third-order valence-electron chi connectivity index (χ3n) is 3.44. The van der Waals surface area contributed by atoms with Gasteiger partial charge >= 0.3 is 0 Å². The summed E-state index contributed by atoms with van der Waals surface area (Å²) in [6, 6.07) is 18.1. The molecular formula is C17H15ClN2S. The number of hydrogen-bond acceptors (Lipinski definition) is 1. The number of aryl methyl sites for hydroxylation is 2. The van der Waals surface area contributed by atoms with Crippen molar-refractivity contribution in [3.8, 4) is 5.69 Å². The minimum Gasteiger partial charge on any atom is -0.323 e. The maximum Gasteiger partial charge on any atom is 0.184 e. The molecule has 21 heavy (non-hydrogen) atoms. The molecule has 3 aromatic rings. The van der Waals surface area contributed by atoms with Crippen LogP contribution in [-0.2, 0) is 13.0 Å². The molecule has 0 aliphatic rings. The fraction of sp³-hybridized carbons (Fsp3) is 0.118. The molecule has 2 aromatic carbocycles. The normalized spacial score (nSPS) is 10.7. The van der Waals surface area contributed by atoms with Crippen LogP contribution in [0.2, 0.25) is 5.02 Å². The van der Waals surface area contributed by atoms with Crippen molar-refractivity contribution in [2.45, 2.75) is 13.0 Å². The Balaban J connectivity index is 1.79. The first-order valence-electron chi connectivity index (χ1n) is 6.82. The van der Waals surface area contributed by atoms with E-state index in [0.29, 0.717) is 0 Å². The summed E-state index contributed by atoms with van der Waals surface area (Å²) in [5.74, 6) is 0. The van der Waals surface area contributed by atoms with Gasteiger partial charge in [0.15, 0.2) is 4.77 Å². The molecule has 0 atom stereocenters. The molecule has 2 nitrogen and oxygen atoms in total. The Labute approximate surface area is 134 Å². The molecule has 0 spiro atoms. The van der Waals surface area contributed by atoms with Crippen LogP contribution in [0.1, 0.15) is 5.56 Å². The molecule has 106 valence electrons. The maximum absolute atomic E-state index is 5.92. The first-order valence-corrected chi connectivity index (χ1v) is 7.60. The second-order valence-corrected chi connectivity index (χ2v) is 5.66. The second-order valence-electron chi connectivity index (χ2n) is 4.86. The van der Waals surface area contributed by atoms with Gasteiger partial charge in [-0.05, 0) is 48.5 Å². The van der Waals surface area contributed by atoms with Gasteiger partial charge in [0.1, 0.15) is 0 Å². The summed E-state index contributed by atoms with van der Waals surface area (Å²) in [5, 5.41) is 0.730. The summed E-state index contributed by atoms with van der Waals surface area (Å²) in [5.41, 5.74) is 2.35. The highest BCUT2D eigenvalue weighted by atomic mass is 35.5. The molecule has 0 bridgehead atoms. The van der Waals surface area contributed by atoms with Crippen molar-refractivity contribution in [2.24, 2.45) is 0 Å². The number of hydrogen-bond donors (Lipinski definition) is 0. The largest absolute Gasteiger partial charge is 0.323 e. The second kappa shape index (κ2) is 6.29. The molecule has 0 fully saturated rings. The van der Waals surface area contributed by atoms with Gasteiger partial charge < -0.3 is 4.57 Å². The van der Waals surface area contributed by atoms with Crippen molar-refractivity contribution < 1.29 is 0 Å². The van der Waals surface area contributed by atoms with Crippen molar-refractivity contribution >= 4 is 23.8 Å². The quantitative estimate of drug-likeness (QED) is 0.622. The number of benzene rings is 2. The maximum atomic E-state index is 5.92. The topological polar surface area (TPSA) is 9.86 Å². The van der Waals surface area contributed by atoms with Crippen LogP contribution in [0.25, 0.3) is 5.69 Å². The first-order chi connectivity index (χ1) is 10.2. The van der Waals surface area contributed by atoms with Crippen LogP contribution in [0.4, 0.5) is 0 Å². The molecular weight excluding hydrogens is 300 g/mol. The zero-order chi connectivity index (χ0) is 14.7. The third-order valence-corrected chi connectivity index (χ3v) is 4.12. The lowest BCUT2D eigenvalue weighted by atomic mass is 10.1. The van der Waals surface area contributed by atoms with Gasteiger partial charge in [-0.15, -0.1) is 0 Å². The van der Waals surface area contributed by atoms with Gasteiger partial charge in [0, 0.05) is 29.6 Å². The molecule has 0 unspecified atom stereocenters. The molecule has 4 heteroatoms. The van der Waals surface area contributed by atoms with Gasteiger partial charge in [-0.25, -0.2) is 0 Å². The Morgan fingerprint density at radius 2 is 1.62 bits per heavy atom. The van der Waals surface area contributed by atoms with Gasteiger partial charge in [-0.3, -0.25) is 4.57 Å². The average Bonchev–Trinajstić information content (AvgIpc) is 2.88. The number of aromatic nitrogens is 2. The Bertz CT molecular complexity index is 773. The molecule has 0 radical (unpaired) electrons. The van der Waals surface area contributed by atoms with Crippen LogP contribution in [0.5, 0.6) is 0 Å². The minimum absolute atomic E-state index is 0.730. The number of rotatable bonds is 4. The van der Waals surface area contributed by atoms with E-state index in [4.69, 9.17) is 23.8 Å². The number of halogens is 1. The first kappa shape index (κ1) is 14.1. The molecule has 0 amide bonds. The van der Waals surface area contributed by atoms with Crippen LogP contribution in [0.15, 0.2) is 67.0 Å². The summed E-state index contributed by atoms with van der Waals surface area (Å²) >= 11 is 11.5. The highest BCUT2D eigenvalue weighted by molar-refractivity contribution is 7.71. The van der Waals surface area contributed by atoms with E-state index < -0.39 is 0 Å². The highest BCUT2D eigenvalue weighted by Crippen LogP contribution is 2.15. The van der Waals surface area contributed by atoms with Crippen molar-refractivity contribution in [2.75, 3.05) is 0 Å². The Kier molecular flexibility index (Phi) is 4.23. The molecule has 0 aliphatic carbocycles. The Hall–Kier alpha value is -1.84. The fourth-order valence-corrected chi connectivity index (χ4v) is 2.72. The summed E-state index contributed by atoms with van der Waals surface area (Å²) in [7, 11) is 0. The SMILES string of the molecule is S=c1n(CCc2ccccc2)ccn1-c1ccc(Cl)cc1. The summed E-state index contributed by atoms with van der Waals surface area (Å²) in [4.78, 5) is 0. The van der Waals surface area contributed by atoms with E-state index in [1.807, 2.05) is 47.3 Å². The van der Waals surface area contributed by atoms with E-state index in [1.165, 1.54) is 5.56 Å². The van der Waals surface area contributed by atoms with Crippen LogP contribution in [0, 0.1) is 4.77 Å². The van der Waals surface area contributed by atoms with E-state index >= 15 is 0 Å². The van der Waals surface area contributed by atoms with E-state index in [-0.39, 0.29) is 0 Å². The molecule has 3 rings (SSSR count). The van der Waals surface area contributed by atoms with Gasteiger partial charge in [-0.1, -0.05) is 41.9 Å². The summed E-state index contributed by atoms with van der Waals surface area (Å²) in [6.45, 7) is 0.878. The van der Waals surface area contributed by atoms with Gasteiger partial charge in [0.2, 0.25) is 0 Å². The van der Waals surface area contributed by atoms with Crippen LogP contribution in [0.3, 0.4) is 0 Å². The predicted octanol–water partition coefficient (Wildman–Crippen LogP) is 4.90. The van der Waals surface area contributed by atoms with Crippen molar-refractivity contribution in [3.63, 3.8) is 0 Å². The van der Waals surface area contributed by atoms with Crippen molar-refractivity contribution in [3.05, 3.63) is 82.3 Å². The standard InChI is InChI=1S/C17H15ClN2S/c18-15-6-8-16(9-7-15)20-13-12-19(17(20)21)11-10-14-4-2-1-3-5-14/h1-9,12-13H,10-11H2. The lowest BCUT2D eigenvalue weighted by Gasteiger charge is -2.05. The van der Waals surface area contributed by atoms with Crippen LogP contribution >= 0.6 is 23.8 Å². The zero-order valence-corrected chi connectivity index (χ0v) is 13.0. The zero-order valence-electron chi connectivity index (χ0n) is 11.4. The summed E-state index contributed by atoms with van der Waals surface area (Å²) < 4.78 is 4.89. The minimum atomic E-state index is 0.730. The van der Waals surface area contributed by atoms with E-state index in [0.717, 1.165) is 28.4 Å². The van der Waals surface area contributed by atoms with Crippen LogP contribution in [-0.4, -0.2) is 9.13 Å². The van der Waals surface area contributed by atoms with Gasteiger partial charge in [0.25, 0.3) is 0 Å². The third kappa shape index (κ3) is 3.26. The van der Waals surface area contributed by atoms with Crippen LogP contribution < -0.4 is 0 Å². The van der Waals surface area contributed by atoms with Crippen molar-refractivity contribution in [1.29, 1.82) is 0 Å². The van der Waals surface area contributed by atoms with Crippen molar-refractivity contribution in [1.82, 2.24) is 9.13 Å². The molecule has 0 N–H and O–H groups in total. The Morgan fingerprint density at radius 1 is 0.905 bits per heavy atom. The number of nitrogens with zero attached hydrogens (tertiary/aromatic N) is 2. The molecule has 0 aliphatic heterocycles. The average molecular weight is 315 g/mol. The molecule has 0 saturated carbocycles. The molecule has 1 aromatic heterocycles. The number of imidazole rings is 1. The van der Waals surface area contributed by atoms with E-state index in [2.05, 4.69) is 28.8 Å². The summed E-state index contributed by atoms with van der Waals surface area (Å²) in [6.07, 6.45) is 5.00. The fourth-order valence-electron chi connectivity index (χ4n) is 2.28. The lowest BCUT2D eigenvalue weighted by molar-refractivity contribution is 0.679. The predicted molar refractivity (Wildman–Crippen MR) is 89.7 cm³/mol. The van der Waals surface area contributed by atoms with E-state index in [9.17, 15) is 0 Å². The molecule has 1 heterocycles. The highest BCUT2D eigenvalue weighted by Gasteiger charge is 2.02. The van der Waals surface area contributed by atoms with Gasteiger partial charge in [-0.2, -0.15) is 0 Å².